The van der Waals surface area contributed by atoms with Crippen LogP contribution in [0.4, 0.5) is 16.2 Å². The van der Waals surface area contributed by atoms with E-state index in [0.717, 1.165) is 13.0 Å². The minimum absolute atomic E-state index is 0.0178. The van der Waals surface area contributed by atoms with E-state index >= 15 is 0 Å². The summed E-state index contributed by atoms with van der Waals surface area (Å²) in [4.78, 5) is 23.0. The van der Waals surface area contributed by atoms with Gasteiger partial charge in [0.1, 0.15) is 5.75 Å². The first-order valence-electron chi connectivity index (χ1n) is 7.30. The van der Waals surface area contributed by atoms with Crippen molar-refractivity contribution in [1.29, 1.82) is 0 Å². The molecule has 0 aliphatic carbocycles. The Morgan fingerprint density at radius 3 is 3.17 bits per heavy atom. The fourth-order valence-corrected chi connectivity index (χ4v) is 2.20. The van der Waals surface area contributed by atoms with Crippen LogP contribution in [0, 0.1) is 0 Å². The van der Waals surface area contributed by atoms with Crippen LogP contribution in [0.15, 0.2) is 36.7 Å². The second-order valence-corrected chi connectivity index (χ2v) is 5.05. The smallest absolute Gasteiger partial charge is 0.319 e. The highest BCUT2D eigenvalue weighted by Crippen LogP contribution is 2.30. The van der Waals surface area contributed by atoms with Crippen LogP contribution in [0.2, 0.25) is 0 Å². The molecule has 2 heterocycles. The highest BCUT2D eigenvalue weighted by Gasteiger charge is 2.16. The Hall–Kier alpha value is -3.03. The summed E-state index contributed by atoms with van der Waals surface area (Å²) in [5.41, 5.74) is 1.20. The number of nitrogens with zero attached hydrogens (tertiary/aromatic N) is 2. The van der Waals surface area contributed by atoms with Crippen molar-refractivity contribution in [2.75, 3.05) is 23.8 Å². The zero-order valence-electron chi connectivity index (χ0n) is 12.4. The number of fused-ring (bicyclic) bond motifs is 1. The molecular formula is C15H17N5O3. The molecule has 8 heteroatoms. The molecule has 0 bridgehead atoms. The standard InChI is InChI=1S/C15H17N5O3/c21-14-10-23-13-9-11(3-4-12(13)19-14)18-15(22)16-5-1-7-20-8-2-6-17-20/h2-4,6,8-9H,1,5,7,10H2,(H,19,21)(H2,16,18,22). The molecule has 0 unspecified atom stereocenters. The quantitative estimate of drug-likeness (QED) is 0.727. The van der Waals surface area contributed by atoms with E-state index in [1.807, 2.05) is 16.9 Å². The molecule has 1 aromatic carbocycles. The van der Waals surface area contributed by atoms with E-state index < -0.39 is 0 Å². The molecule has 0 radical (unpaired) electrons. The molecule has 1 aromatic heterocycles. The third-order valence-electron chi connectivity index (χ3n) is 3.28. The lowest BCUT2D eigenvalue weighted by molar-refractivity contribution is -0.118. The molecule has 23 heavy (non-hydrogen) atoms. The van der Waals surface area contributed by atoms with Crippen molar-refractivity contribution in [2.45, 2.75) is 13.0 Å². The van der Waals surface area contributed by atoms with Gasteiger partial charge in [-0.15, -0.1) is 0 Å². The van der Waals surface area contributed by atoms with E-state index in [1.54, 1.807) is 24.4 Å². The topological polar surface area (TPSA) is 97.3 Å². The van der Waals surface area contributed by atoms with Crippen molar-refractivity contribution in [3.05, 3.63) is 36.7 Å². The summed E-state index contributed by atoms with van der Waals surface area (Å²) in [5, 5.41) is 12.3. The number of amides is 3. The summed E-state index contributed by atoms with van der Waals surface area (Å²) >= 11 is 0. The van der Waals surface area contributed by atoms with E-state index in [0.29, 0.717) is 23.7 Å². The third-order valence-corrected chi connectivity index (χ3v) is 3.28. The van der Waals surface area contributed by atoms with Crippen LogP contribution in [0.25, 0.3) is 0 Å². The highest BCUT2D eigenvalue weighted by atomic mass is 16.5. The number of carbonyl (C=O) groups is 2. The van der Waals surface area contributed by atoms with Crippen molar-refractivity contribution in [2.24, 2.45) is 0 Å². The van der Waals surface area contributed by atoms with Crippen molar-refractivity contribution >= 4 is 23.3 Å². The largest absolute Gasteiger partial charge is 0.482 e. The molecule has 8 nitrogen and oxygen atoms in total. The lowest BCUT2D eigenvalue weighted by Crippen LogP contribution is -2.30. The maximum atomic E-state index is 11.8. The molecule has 3 N–H and O–H groups in total. The predicted octanol–water partition coefficient (Wildman–Crippen LogP) is 1.43. The van der Waals surface area contributed by atoms with Gasteiger partial charge in [0.15, 0.2) is 6.61 Å². The van der Waals surface area contributed by atoms with E-state index in [1.165, 1.54) is 0 Å². The molecule has 3 amide bonds. The van der Waals surface area contributed by atoms with Crippen LogP contribution < -0.4 is 20.7 Å². The highest BCUT2D eigenvalue weighted by molar-refractivity contribution is 5.96. The molecule has 2 aromatic rings. The Morgan fingerprint density at radius 2 is 2.35 bits per heavy atom. The number of nitrogens with one attached hydrogen (secondary N) is 3. The summed E-state index contributed by atoms with van der Waals surface area (Å²) in [5.74, 6) is 0.356. The molecule has 0 spiro atoms. The molecule has 1 aliphatic rings. The van der Waals surface area contributed by atoms with Crippen molar-refractivity contribution in [3.8, 4) is 5.75 Å². The molecule has 0 saturated carbocycles. The zero-order chi connectivity index (χ0) is 16.1. The maximum absolute atomic E-state index is 11.8. The van der Waals surface area contributed by atoms with Crippen LogP contribution >= 0.6 is 0 Å². The van der Waals surface area contributed by atoms with Crippen molar-refractivity contribution in [3.63, 3.8) is 0 Å². The summed E-state index contributed by atoms with van der Waals surface area (Å²) in [7, 11) is 0. The van der Waals surface area contributed by atoms with Gasteiger partial charge in [-0.3, -0.25) is 9.48 Å². The van der Waals surface area contributed by atoms with Crippen LogP contribution in [0.1, 0.15) is 6.42 Å². The van der Waals surface area contributed by atoms with Gasteiger partial charge in [0.05, 0.1) is 5.69 Å². The summed E-state index contributed by atoms with van der Waals surface area (Å²) in [6.07, 6.45) is 4.39. The number of aromatic nitrogens is 2. The number of anilines is 2. The van der Waals surface area contributed by atoms with Gasteiger partial charge in [0, 0.05) is 37.2 Å². The van der Waals surface area contributed by atoms with Crippen LogP contribution in [-0.4, -0.2) is 34.9 Å². The molecule has 3 rings (SSSR count). The normalized spacial score (nSPS) is 12.8. The molecule has 0 fully saturated rings. The minimum atomic E-state index is -0.287. The third kappa shape index (κ3) is 4.00. The van der Waals surface area contributed by atoms with Gasteiger partial charge in [0.25, 0.3) is 5.91 Å². The van der Waals surface area contributed by atoms with E-state index in [2.05, 4.69) is 21.0 Å². The number of rotatable bonds is 5. The van der Waals surface area contributed by atoms with Gasteiger partial charge in [-0.05, 0) is 24.6 Å². The molecular weight excluding hydrogens is 298 g/mol. The van der Waals surface area contributed by atoms with E-state index in [-0.39, 0.29) is 18.5 Å². The van der Waals surface area contributed by atoms with Crippen LogP contribution in [0.5, 0.6) is 5.75 Å². The number of benzene rings is 1. The Labute approximate surface area is 132 Å². The fraction of sp³-hybridized carbons (Fsp3) is 0.267. The number of hydrogen-bond donors (Lipinski definition) is 3. The number of aryl methyl sites for hydroxylation is 1. The lowest BCUT2D eigenvalue weighted by atomic mass is 10.2. The van der Waals surface area contributed by atoms with Crippen LogP contribution in [0.3, 0.4) is 0 Å². The number of hydrogen-bond acceptors (Lipinski definition) is 4. The first-order valence-corrected chi connectivity index (χ1v) is 7.30. The number of urea groups is 1. The Kier molecular flexibility index (Phi) is 4.41. The second kappa shape index (κ2) is 6.82. The van der Waals surface area contributed by atoms with Gasteiger partial charge in [-0.25, -0.2) is 4.79 Å². The first-order chi connectivity index (χ1) is 11.2. The minimum Gasteiger partial charge on any atom is -0.482 e. The van der Waals surface area contributed by atoms with E-state index in [4.69, 9.17) is 4.74 Å². The SMILES string of the molecule is O=C1COc2cc(NC(=O)NCCCn3cccn3)ccc2N1. The van der Waals surface area contributed by atoms with Gasteiger partial charge in [-0.2, -0.15) is 5.10 Å². The summed E-state index contributed by atoms with van der Waals surface area (Å²) in [6, 6.07) is 6.65. The monoisotopic (exact) mass is 315 g/mol. The van der Waals surface area contributed by atoms with Gasteiger partial charge in [0.2, 0.25) is 0 Å². The fourth-order valence-electron chi connectivity index (χ4n) is 2.20. The summed E-state index contributed by atoms with van der Waals surface area (Å²) in [6.45, 7) is 1.28. The number of carbonyl (C=O) groups excluding carboxylic acids is 2. The average Bonchev–Trinajstić information content (AvgIpc) is 3.05. The Balaban J connectivity index is 1.45. The number of ether oxygens (including phenoxy) is 1. The van der Waals surface area contributed by atoms with E-state index in [9.17, 15) is 9.59 Å². The molecule has 0 saturated heterocycles. The van der Waals surface area contributed by atoms with Crippen molar-refractivity contribution in [1.82, 2.24) is 15.1 Å². The maximum Gasteiger partial charge on any atom is 0.319 e. The lowest BCUT2D eigenvalue weighted by Gasteiger charge is -2.18. The molecule has 1 aliphatic heterocycles. The Morgan fingerprint density at radius 1 is 1.43 bits per heavy atom. The van der Waals surface area contributed by atoms with Gasteiger partial charge < -0.3 is 20.7 Å². The first kappa shape index (κ1) is 14.9. The second-order valence-electron chi connectivity index (χ2n) is 5.05. The average molecular weight is 315 g/mol. The predicted molar refractivity (Wildman–Crippen MR) is 84.4 cm³/mol. The van der Waals surface area contributed by atoms with Crippen LogP contribution in [-0.2, 0) is 11.3 Å². The molecule has 120 valence electrons. The summed E-state index contributed by atoms with van der Waals surface area (Å²) < 4.78 is 7.12. The zero-order valence-corrected chi connectivity index (χ0v) is 12.4. The van der Waals surface area contributed by atoms with Gasteiger partial charge in [-0.1, -0.05) is 0 Å². The molecule has 0 atom stereocenters. The van der Waals surface area contributed by atoms with Crippen molar-refractivity contribution < 1.29 is 14.3 Å². The Bertz CT molecular complexity index is 699. The van der Waals surface area contributed by atoms with Gasteiger partial charge >= 0.3 is 6.03 Å².